The lowest BCUT2D eigenvalue weighted by molar-refractivity contribution is 0.556. The summed E-state index contributed by atoms with van der Waals surface area (Å²) in [6, 6.07) is 13.0. The molecule has 0 saturated carbocycles. The molecule has 0 atom stereocenters. The first-order valence-corrected chi connectivity index (χ1v) is 10.1. The van der Waals surface area contributed by atoms with Gasteiger partial charge in [-0.25, -0.2) is 18.1 Å². The van der Waals surface area contributed by atoms with Crippen molar-refractivity contribution in [2.75, 3.05) is 6.54 Å². The minimum atomic E-state index is -3.44. The number of sulfonamides is 1. The van der Waals surface area contributed by atoms with Gasteiger partial charge in [-0.2, -0.15) is 0 Å². The van der Waals surface area contributed by atoms with E-state index in [1.165, 1.54) is 0 Å². The number of imidazole rings is 1. The van der Waals surface area contributed by atoms with Crippen molar-refractivity contribution < 1.29 is 8.42 Å². The third kappa shape index (κ3) is 4.90. The van der Waals surface area contributed by atoms with Crippen LogP contribution in [0.1, 0.15) is 25.7 Å². The average molecular weight is 357 g/mol. The van der Waals surface area contributed by atoms with Crippen molar-refractivity contribution in [2.24, 2.45) is 0 Å². The molecule has 3 aromatic rings. The highest BCUT2D eigenvalue weighted by Gasteiger charge is 2.13. The summed E-state index contributed by atoms with van der Waals surface area (Å²) in [6.45, 7) is 1.43. The van der Waals surface area contributed by atoms with Gasteiger partial charge in [0, 0.05) is 25.5 Å². The largest absolute Gasteiger partial charge is 0.337 e. The maximum Gasteiger partial charge on any atom is 0.240 e. The van der Waals surface area contributed by atoms with Gasteiger partial charge in [-0.05, 0) is 35.7 Å². The minimum absolute atomic E-state index is 0.325. The van der Waals surface area contributed by atoms with E-state index in [0.29, 0.717) is 11.4 Å². The Hall–Kier alpha value is -2.18. The van der Waals surface area contributed by atoms with E-state index in [4.69, 9.17) is 0 Å². The van der Waals surface area contributed by atoms with E-state index >= 15 is 0 Å². The van der Waals surface area contributed by atoms with Crippen LogP contribution in [0, 0.1) is 0 Å². The third-order valence-electron chi connectivity index (χ3n) is 4.23. The molecule has 0 aliphatic heterocycles. The van der Waals surface area contributed by atoms with E-state index in [0.717, 1.165) is 43.0 Å². The molecule has 0 aliphatic carbocycles. The summed E-state index contributed by atoms with van der Waals surface area (Å²) in [5.74, 6) is 0. The van der Waals surface area contributed by atoms with Gasteiger partial charge in [0.15, 0.2) is 0 Å². The Morgan fingerprint density at radius 1 is 0.960 bits per heavy atom. The zero-order chi connectivity index (χ0) is 17.5. The molecule has 1 heterocycles. The van der Waals surface area contributed by atoms with E-state index < -0.39 is 10.0 Å². The van der Waals surface area contributed by atoms with Crippen molar-refractivity contribution in [3.8, 4) is 0 Å². The zero-order valence-electron chi connectivity index (χ0n) is 14.1. The number of fused-ring (bicyclic) bond motifs is 1. The monoisotopic (exact) mass is 357 g/mol. The van der Waals surface area contributed by atoms with Gasteiger partial charge in [-0.15, -0.1) is 0 Å². The first-order chi connectivity index (χ1) is 12.1. The zero-order valence-corrected chi connectivity index (χ0v) is 15.0. The molecule has 6 heteroatoms. The lowest BCUT2D eigenvalue weighted by Crippen LogP contribution is -2.24. The van der Waals surface area contributed by atoms with Crippen molar-refractivity contribution in [3.63, 3.8) is 0 Å². The van der Waals surface area contributed by atoms with Gasteiger partial charge in [0.05, 0.1) is 11.2 Å². The predicted octanol–water partition coefficient (Wildman–Crippen LogP) is 3.58. The van der Waals surface area contributed by atoms with Crippen molar-refractivity contribution in [1.29, 1.82) is 0 Å². The van der Waals surface area contributed by atoms with E-state index in [9.17, 15) is 8.42 Å². The number of unbranched alkanes of at least 4 members (excludes halogenated alkanes) is 3. The molecular weight excluding hydrogens is 334 g/mol. The van der Waals surface area contributed by atoms with Gasteiger partial charge < -0.3 is 4.57 Å². The number of benzene rings is 2. The number of nitrogens with zero attached hydrogens (tertiary/aromatic N) is 2. The quantitative estimate of drug-likeness (QED) is 0.595. The highest BCUT2D eigenvalue weighted by atomic mass is 32.2. The third-order valence-corrected chi connectivity index (χ3v) is 5.68. The summed E-state index contributed by atoms with van der Waals surface area (Å²) in [5, 5.41) is 1.98. The summed E-state index contributed by atoms with van der Waals surface area (Å²) < 4.78 is 29.6. The summed E-state index contributed by atoms with van der Waals surface area (Å²) in [4.78, 5) is 4.34. The number of hydrogen-bond donors (Lipinski definition) is 1. The Bertz CT molecular complexity index is 905. The standard InChI is InChI=1S/C19H23N3O2S/c23-25(24,19-10-9-17-7-3-4-8-18(17)15-19)21-11-5-1-2-6-13-22-14-12-20-16-22/h3-4,7-10,12,14-16,21H,1-2,5-6,11,13H2. The number of aromatic nitrogens is 2. The van der Waals surface area contributed by atoms with Gasteiger partial charge in [0.25, 0.3) is 0 Å². The Morgan fingerprint density at radius 2 is 1.76 bits per heavy atom. The number of rotatable bonds is 9. The van der Waals surface area contributed by atoms with Gasteiger partial charge in [-0.1, -0.05) is 43.2 Å². The topological polar surface area (TPSA) is 64.0 Å². The van der Waals surface area contributed by atoms with Crippen LogP contribution < -0.4 is 4.72 Å². The molecule has 0 unspecified atom stereocenters. The minimum Gasteiger partial charge on any atom is -0.337 e. The highest BCUT2D eigenvalue weighted by Crippen LogP contribution is 2.18. The van der Waals surface area contributed by atoms with E-state index in [-0.39, 0.29) is 0 Å². The van der Waals surface area contributed by atoms with Crippen LogP contribution >= 0.6 is 0 Å². The van der Waals surface area contributed by atoms with Crippen molar-refractivity contribution >= 4 is 20.8 Å². The lowest BCUT2D eigenvalue weighted by Gasteiger charge is -2.08. The van der Waals surface area contributed by atoms with Crippen molar-refractivity contribution in [2.45, 2.75) is 37.1 Å². The molecule has 25 heavy (non-hydrogen) atoms. The second-order valence-electron chi connectivity index (χ2n) is 6.12. The molecule has 1 aromatic heterocycles. The molecule has 0 aliphatic rings. The van der Waals surface area contributed by atoms with Gasteiger partial charge >= 0.3 is 0 Å². The molecule has 0 bridgehead atoms. The van der Waals surface area contributed by atoms with Crippen LogP contribution in [0.5, 0.6) is 0 Å². The van der Waals surface area contributed by atoms with Crippen LogP contribution in [0.2, 0.25) is 0 Å². The maximum absolute atomic E-state index is 12.4. The fourth-order valence-electron chi connectivity index (χ4n) is 2.82. The average Bonchev–Trinajstić information content (AvgIpc) is 3.14. The van der Waals surface area contributed by atoms with Crippen molar-refractivity contribution in [3.05, 3.63) is 61.2 Å². The van der Waals surface area contributed by atoms with Crippen LogP contribution in [0.3, 0.4) is 0 Å². The number of aryl methyl sites for hydroxylation is 1. The van der Waals surface area contributed by atoms with Crippen LogP contribution in [0.15, 0.2) is 66.1 Å². The van der Waals surface area contributed by atoms with Crippen LogP contribution in [-0.2, 0) is 16.6 Å². The van der Waals surface area contributed by atoms with E-state index in [1.807, 2.05) is 42.9 Å². The Labute approximate surface area is 148 Å². The first-order valence-electron chi connectivity index (χ1n) is 8.59. The molecule has 132 valence electrons. The second kappa shape index (κ2) is 8.27. The molecule has 5 nitrogen and oxygen atoms in total. The Balaban J connectivity index is 1.43. The molecule has 0 spiro atoms. The second-order valence-corrected chi connectivity index (χ2v) is 7.89. The fourth-order valence-corrected chi connectivity index (χ4v) is 3.93. The van der Waals surface area contributed by atoms with Crippen LogP contribution in [0.4, 0.5) is 0 Å². The molecule has 0 saturated heterocycles. The summed E-state index contributed by atoms with van der Waals surface area (Å²) >= 11 is 0. The first kappa shape index (κ1) is 17.6. The molecule has 1 N–H and O–H groups in total. The molecular formula is C19H23N3O2S. The van der Waals surface area contributed by atoms with Gasteiger partial charge in [0.1, 0.15) is 0 Å². The molecule has 2 aromatic carbocycles. The fraction of sp³-hybridized carbons (Fsp3) is 0.316. The summed E-state index contributed by atoms with van der Waals surface area (Å²) in [6.07, 6.45) is 9.56. The predicted molar refractivity (Wildman–Crippen MR) is 99.8 cm³/mol. The van der Waals surface area contributed by atoms with Crippen LogP contribution in [-0.4, -0.2) is 24.5 Å². The number of nitrogens with one attached hydrogen (secondary N) is 1. The summed E-state index contributed by atoms with van der Waals surface area (Å²) in [5.41, 5.74) is 0. The molecule has 0 amide bonds. The molecule has 0 fully saturated rings. The van der Waals surface area contributed by atoms with Gasteiger partial charge in [-0.3, -0.25) is 0 Å². The van der Waals surface area contributed by atoms with Crippen molar-refractivity contribution in [1.82, 2.24) is 14.3 Å². The number of hydrogen-bond acceptors (Lipinski definition) is 3. The molecule has 0 radical (unpaired) electrons. The van der Waals surface area contributed by atoms with Crippen LogP contribution in [0.25, 0.3) is 10.8 Å². The van der Waals surface area contributed by atoms with E-state index in [2.05, 4.69) is 14.3 Å². The smallest absolute Gasteiger partial charge is 0.240 e. The SMILES string of the molecule is O=S(=O)(NCCCCCCn1ccnc1)c1ccc2ccccc2c1. The highest BCUT2D eigenvalue weighted by molar-refractivity contribution is 7.89. The normalized spacial score (nSPS) is 11.8. The Morgan fingerprint density at radius 3 is 2.56 bits per heavy atom. The van der Waals surface area contributed by atoms with E-state index in [1.54, 1.807) is 18.3 Å². The molecule has 3 rings (SSSR count). The maximum atomic E-state index is 12.4. The Kier molecular flexibility index (Phi) is 5.83. The lowest BCUT2D eigenvalue weighted by atomic mass is 10.1. The van der Waals surface area contributed by atoms with Gasteiger partial charge in [0.2, 0.25) is 10.0 Å². The summed E-state index contributed by atoms with van der Waals surface area (Å²) in [7, 11) is -3.44.